The summed E-state index contributed by atoms with van der Waals surface area (Å²) >= 11 is 3.52. The van der Waals surface area contributed by atoms with Crippen molar-refractivity contribution in [2.75, 3.05) is 13.1 Å². The molecular weight excluding hydrogens is 312 g/mol. The minimum atomic E-state index is 0.397. The molecule has 1 saturated heterocycles. The SMILES string of the molecule is NCC(c1ccc(Br)cc1)N1CCCC2CCCCC21. The summed E-state index contributed by atoms with van der Waals surface area (Å²) in [6.07, 6.45) is 8.40. The van der Waals surface area contributed by atoms with E-state index in [2.05, 4.69) is 45.1 Å². The first-order valence-corrected chi connectivity index (χ1v) is 8.80. The summed E-state index contributed by atoms with van der Waals surface area (Å²) in [5, 5.41) is 0. The molecule has 1 aromatic rings. The largest absolute Gasteiger partial charge is 0.329 e. The number of halogens is 1. The molecule has 3 unspecified atom stereocenters. The number of piperidine rings is 1. The standard InChI is InChI=1S/C17H25BrN2/c18-15-9-7-14(8-10-15)17(12-19)20-11-3-5-13-4-1-2-6-16(13)20/h7-10,13,16-17H,1-6,11-12,19H2. The van der Waals surface area contributed by atoms with Crippen LogP contribution in [0.15, 0.2) is 28.7 Å². The molecule has 2 N–H and O–H groups in total. The molecule has 1 saturated carbocycles. The minimum Gasteiger partial charge on any atom is -0.329 e. The summed E-state index contributed by atoms with van der Waals surface area (Å²) in [6, 6.07) is 9.91. The Morgan fingerprint density at radius 2 is 1.80 bits per heavy atom. The highest BCUT2D eigenvalue weighted by Gasteiger charge is 2.36. The van der Waals surface area contributed by atoms with Crippen LogP contribution >= 0.6 is 15.9 Å². The number of fused-ring (bicyclic) bond motifs is 1. The lowest BCUT2D eigenvalue weighted by atomic mass is 9.77. The Bertz CT molecular complexity index is 429. The van der Waals surface area contributed by atoms with Gasteiger partial charge in [0.15, 0.2) is 0 Å². The second-order valence-electron chi connectivity index (χ2n) is 6.29. The predicted octanol–water partition coefficient (Wildman–Crippen LogP) is 4.10. The van der Waals surface area contributed by atoms with Crippen LogP contribution in [0.1, 0.15) is 50.1 Å². The van der Waals surface area contributed by atoms with Crippen LogP contribution in [0.3, 0.4) is 0 Å². The van der Waals surface area contributed by atoms with Crippen LogP contribution in [0.25, 0.3) is 0 Å². The molecule has 1 aromatic carbocycles. The Balaban J connectivity index is 1.82. The highest BCUT2D eigenvalue weighted by molar-refractivity contribution is 9.10. The van der Waals surface area contributed by atoms with E-state index in [1.54, 1.807) is 0 Å². The van der Waals surface area contributed by atoms with Crippen molar-refractivity contribution in [3.05, 3.63) is 34.3 Å². The van der Waals surface area contributed by atoms with E-state index in [9.17, 15) is 0 Å². The van der Waals surface area contributed by atoms with Gasteiger partial charge in [0.2, 0.25) is 0 Å². The van der Waals surface area contributed by atoms with Crippen molar-refractivity contribution < 1.29 is 0 Å². The minimum absolute atomic E-state index is 0.397. The number of nitrogens with zero attached hydrogens (tertiary/aromatic N) is 1. The van der Waals surface area contributed by atoms with Crippen molar-refractivity contribution in [1.82, 2.24) is 4.90 Å². The number of likely N-dealkylation sites (tertiary alicyclic amines) is 1. The lowest BCUT2D eigenvalue weighted by molar-refractivity contribution is 0.0276. The Kier molecular flexibility index (Phi) is 4.79. The molecule has 0 spiro atoms. The van der Waals surface area contributed by atoms with Crippen molar-refractivity contribution in [3.63, 3.8) is 0 Å². The zero-order valence-corrected chi connectivity index (χ0v) is 13.7. The second-order valence-corrected chi connectivity index (χ2v) is 7.21. The van der Waals surface area contributed by atoms with Crippen LogP contribution in [-0.2, 0) is 0 Å². The molecule has 0 bridgehead atoms. The molecule has 20 heavy (non-hydrogen) atoms. The molecule has 0 amide bonds. The zero-order chi connectivity index (χ0) is 13.9. The molecule has 3 heteroatoms. The highest BCUT2D eigenvalue weighted by atomic mass is 79.9. The summed E-state index contributed by atoms with van der Waals surface area (Å²) < 4.78 is 1.14. The molecule has 1 heterocycles. The van der Waals surface area contributed by atoms with E-state index in [0.717, 1.165) is 23.0 Å². The summed E-state index contributed by atoms with van der Waals surface area (Å²) in [7, 11) is 0. The van der Waals surface area contributed by atoms with Gasteiger partial charge in [0.05, 0.1) is 0 Å². The maximum atomic E-state index is 6.14. The van der Waals surface area contributed by atoms with E-state index in [-0.39, 0.29) is 0 Å². The topological polar surface area (TPSA) is 29.3 Å². The number of hydrogen-bond acceptors (Lipinski definition) is 2. The van der Waals surface area contributed by atoms with Crippen LogP contribution in [0.4, 0.5) is 0 Å². The predicted molar refractivity (Wildman–Crippen MR) is 87.6 cm³/mol. The van der Waals surface area contributed by atoms with Crippen LogP contribution in [-0.4, -0.2) is 24.0 Å². The van der Waals surface area contributed by atoms with E-state index in [1.165, 1.54) is 50.6 Å². The Labute approximate surface area is 130 Å². The average Bonchev–Trinajstić information content (AvgIpc) is 2.50. The van der Waals surface area contributed by atoms with Gasteiger partial charge >= 0.3 is 0 Å². The van der Waals surface area contributed by atoms with Crippen molar-refractivity contribution in [3.8, 4) is 0 Å². The molecule has 0 radical (unpaired) electrons. The first kappa shape index (κ1) is 14.6. The van der Waals surface area contributed by atoms with E-state index < -0.39 is 0 Å². The number of benzene rings is 1. The van der Waals surface area contributed by atoms with E-state index >= 15 is 0 Å². The van der Waals surface area contributed by atoms with Gasteiger partial charge in [-0.2, -0.15) is 0 Å². The molecule has 2 aliphatic rings. The van der Waals surface area contributed by atoms with Crippen LogP contribution in [0.2, 0.25) is 0 Å². The van der Waals surface area contributed by atoms with Gasteiger partial charge < -0.3 is 5.73 Å². The highest BCUT2D eigenvalue weighted by Crippen LogP contribution is 2.39. The average molecular weight is 337 g/mol. The maximum Gasteiger partial charge on any atom is 0.0473 e. The fourth-order valence-electron chi connectivity index (χ4n) is 4.20. The normalized spacial score (nSPS) is 28.9. The molecule has 1 aliphatic heterocycles. The molecule has 0 aromatic heterocycles. The van der Waals surface area contributed by atoms with Gasteiger partial charge in [0, 0.05) is 23.1 Å². The molecule has 1 aliphatic carbocycles. The molecule has 2 fully saturated rings. The first-order chi connectivity index (χ1) is 9.79. The smallest absolute Gasteiger partial charge is 0.0473 e. The number of nitrogens with two attached hydrogens (primary N) is 1. The van der Waals surface area contributed by atoms with Gasteiger partial charge in [-0.05, 0) is 55.8 Å². The van der Waals surface area contributed by atoms with Gasteiger partial charge in [0.1, 0.15) is 0 Å². The van der Waals surface area contributed by atoms with Crippen molar-refractivity contribution in [2.24, 2.45) is 11.7 Å². The third kappa shape index (κ3) is 2.95. The Hall–Kier alpha value is -0.380. The number of rotatable bonds is 3. The lowest BCUT2D eigenvalue weighted by Gasteiger charge is -2.47. The van der Waals surface area contributed by atoms with Crippen LogP contribution in [0, 0.1) is 5.92 Å². The van der Waals surface area contributed by atoms with Gasteiger partial charge in [-0.25, -0.2) is 0 Å². The molecule has 3 atom stereocenters. The number of hydrogen-bond donors (Lipinski definition) is 1. The Morgan fingerprint density at radius 3 is 2.55 bits per heavy atom. The lowest BCUT2D eigenvalue weighted by Crippen LogP contribution is -2.49. The molecular formula is C17H25BrN2. The molecule has 110 valence electrons. The summed E-state index contributed by atoms with van der Waals surface area (Å²) in [5.74, 6) is 0.919. The van der Waals surface area contributed by atoms with E-state index in [1.807, 2.05) is 0 Å². The van der Waals surface area contributed by atoms with Crippen LogP contribution < -0.4 is 5.73 Å². The summed E-state index contributed by atoms with van der Waals surface area (Å²) in [5.41, 5.74) is 7.52. The fraction of sp³-hybridized carbons (Fsp3) is 0.647. The second kappa shape index (κ2) is 6.59. The third-order valence-corrected chi connectivity index (χ3v) is 5.69. The van der Waals surface area contributed by atoms with E-state index in [0.29, 0.717) is 6.04 Å². The van der Waals surface area contributed by atoms with E-state index in [4.69, 9.17) is 5.73 Å². The third-order valence-electron chi connectivity index (χ3n) is 5.16. The van der Waals surface area contributed by atoms with Gasteiger partial charge in [-0.1, -0.05) is 40.9 Å². The van der Waals surface area contributed by atoms with Crippen molar-refractivity contribution in [2.45, 2.75) is 50.6 Å². The van der Waals surface area contributed by atoms with Crippen molar-refractivity contribution in [1.29, 1.82) is 0 Å². The van der Waals surface area contributed by atoms with Gasteiger partial charge in [0.25, 0.3) is 0 Å². The summed E-state index contributed by atoms with van der Waals surface area (Å²) in [4.78, 5) is 2.72. The zero-order valence-electron chi connectivity index (χ0n) is 12.1. The van der Waals surface area contributed by atoms with Crippen LogP contribution in [0.5, 0.6) is 0 Å². The maximum absolute atomic E-state index is 6.14. The van der Waals surface area contributed by atoms with Crippen molar-refractivity contribution >= 4 is 15.9 Å². The summed E-state index contributed by atoms with van der Waals surface area (Å²) in [6.45, 7) is 1.95. The van der Waals surface area contributed by atoms with Gasteiger partial charge in [-0.3, -0.25) is 4.90 Å². The molecule has 3 rings (SSSR count). The quantitative estimate of drug-likeness (QED) is 0.900. The van der Waals surface area contributed by atoms with Gasteiger partial charge in [-0.15, -0.1) is 0 Å². The molecule has 2 nitrogen and oxygen atoms in total. The monoisotopic (exact) mass is 336 g/mol. The fourth-order valence-corrected chi connectivity index (χ4v) is 4.46. The first-order valence-electron chi connectivity index (χ1n) is 8.01. The Morgan fingerprint density at radius 1 is 1.10 bits per heavy atom.